The standard InChI is InChI=1S/C24H31N3O3/c1-16(2)22(29)27-20-12-6-17(7-13-20)14-25-21(28)15-26-23(30)18-8-10-19(11-9-18)24(3,4)5/h6-13,16H,14-15H2,1-5H3,(H,25,28)(H,26,30)(H,27,29). The molecular weight excluding hydrogens is 378 g/mol. The molecule has 0 aliphatic heterocycles. The van der Waals surface area contributed by atoms with Gasteiger partial charge in [0.1, 0.15) is 0 Å². The first-order valence-corrected chi connectivity index (χ1v) is 10.1. The van der Waals surface area contributed by atoms with Gasteiger partial charge in [0.05, 0.1) is 6.54 Å². The molecule has 0 heterocycles. The molecule has 30 heavy (non-hydrogen) atoms. The summed E-state index contributed by atoms with van der Waals surface area (Å²) in [4.78, 5) is 36.0. The molecule has 0 spiro atoms. The summed E-state index contributed by atoms with van der Waals surface area (Å²) in [6.07, 6.45) is 0. The molecule has 6 heteroatoms. The van der Waals surface area contributed by atoms with E-state index in [4.69, 9.17) is 0 Å². The molecule has 2 rings (SSSR count). The van der Waals surface area contributed by atoms with Crippen LogP contribution < -0.4 is 16.0 Å². The van der Waals surface area contributed by atoms with Gasteiger partial charge in [-0.05, 0) is 40.8 Å². The first kappa shape index (κ1) is 23.1. The molecule has 0 radical (unpaired) electrons. The lowest BCUT2D eigenvalue weighted by Crippen LogP contribution is -2.36. The van der Waals surface area contributed by atoms with Gasteiger partial charge in [0, 0.05) is 23.7 Å². The average Bonchev–Trinajstić information content (AvgIpc) is 2.70. The highest BCUT2D eigenvalue weighted by atomic mass is 16.2. The van der Waals surface area contributed by atoms with E-state index in [2.05, 4.69) is 36.7 Å². The highest BCUT2D eigenvalue weighted by Gasteiger charge is 2.14. The van der Waals surface area contributed by atoms with Crippen LogP contribution >= 0.6 is 0 Å². The summed E-state index contributed by atoms with van der Waals surface area (Å²) >= 11 is 0. The molecule has 3 amide bonds. The van der Waals surface area contributed by atoms with Crippen molar-refractivity contribution in [1.29, 1.82) is 0 Å². The molecule has 0 aromatic heterocycles. The third-order valence-corrected chi connectivity index (χ3v) is 4.66. The van der Waals surface area contributed by atoms with Crippen molar-refractivity contribution < 1.29 is 14.4 Å². The van der Waals surface area contributed by atoms with E-state index in [1.807, 2.05) is 38.1 Å². The van der Waals surface area contributed by atoms with E-state index in [-0.39, 0.29) is 35.6 Å². The normalized spacial score (nSPS) is 11.1. The summed E-state index contributed by atoms with van der Waals surface area (Å²) in [5, 5.41) is 8.23. The van der Waals surface area contributed by atoms with E-state index in [0.29, 0.717) is 17.8 Å². The second kappa shape index (κ2) is 10.1. The van der Waals surface area contributed by atoms with Crippen molar-refractivity contribution in [1.82, 2.24) is 10.6 Å². The molecule has 0 bridgehead atoms. The molecule has 0 saturated carbocycles. The molecule has 0 saturated heterocycles. The minimum Gasteiger partial charge on any atom is -0.350 e. The summed E-state index contributed by atoms with van der Waals surface area (Å²) in [6.45, 7) is 10.2. The molecule has 2 aromatic carbocycles. The summed E-state index contributed by atoms with van der Waals surface area (Å²) in [5.74, 6) is -0.682. The van der Waals surface area contributed by atoms with E-state index >= 15 is 0 Å². The average molecular weight is 410 g/mol. The van der Waals surface area contributed by atoms with Gasteiger partial charge in [-0.2, -0.15) is 0 Å². The van der Waals surface area contributed by atoms with Gasteiger partial charge < -0.3 is 16.0 Å². The van der Waals surface area contributed by atoms with E-state index in [1.165, 1.54) is 0 Å². The Morgan fingerprint density at radius 3 is 2.00 bits per heavy atom. The lowest BCUT2D eigenvalue weighted by atomic mass is 9.87. The van der Waals surface area contributed by atoms with Crippen molar-refractivity contribution in [3.05, 3.63) is 65.2 Å². The van der Waals surface area contributed by atoms with Crippen LogP contribution in [0.5, 0.6) is 0 Å². The Hall–Kier alpha value is -3.15. The molecule has 0 aliphatic rings. The zero-order chi connectivity index (χ0) is 22.3. The smallest absolute Gasteiger partial charge is 0.251 e. The van der Waals surface area contributed by atoms with Crippen LogP contribution in [0.25, 0.3) is 0 Å². The maximum atomic E-state index is 12.2. The number of nitrogens with one attached hydrogen (secondary N) is 3. The third kappa shape index (κ3) is 7.03. The topological polar surface area (TPSA) is 87.3 Å². The van der Waals surface area contributed by atoms with Gasteiger partial charge in [0.2, 0.25) is 11.8 Å². The lowest BCUT2D eigenvalue weighted by molar-refractivity contribution is -0.120. The van der Waals surface area contributed by atoms with Gasteiger partial charge in [-0.3, -0.25) is 14.4 Å². The summed E-state index contributed by atoms with van der Waals surface area (Å²) < 4.78 is 0. The van der Waals surface area contributed by atoms with Crippen molar-refractivity contribution in [2.75, 3.05) is 11.9 Å². The van der Waals surface area contributed by atoms with Crippen LogP contribution in [-0.4, -0.2) is 24.3 Å². The van der Waals surface area contributed by atoms with Crippen molar-refractivity contribution in [3.8, 4) is 0 Å². The van der Waals surface area contributed by atoms with Crippen LogP contribution in [0.2, 0.25) is 0 Å². The van der Waals surface area contributed by atoms with Gasteiger partial charge in [-0.25, -0.2) is 0 Å². The molecule has 6 nitrogen and oxygen atoms in total. The van der Waals surface area contributed by atoms with Crippen LogP contribution in [0.4, 0.5) is 5.69 Å². The molecule has 160 valence electrons. The number of carbonyl (C=O) groups excluding carboxylic acids is 3. The minimum atomic E-state index is -0.282. The zero-order valence-electron chi connectivity index (χ0n) is 18.3. The maximum absolute atomic E-state index is 12.2. The zero-order valence-corrected chi connectivity index (χ0v) is 18.3. The number of benzene rings is 2. The fourth-order valence-corrected chi connectivity index (χ4v) is 2.64. The van der Waals surface area contributed by atoms with E-state index in [9.17, 15) is 14.4 Å². The quantitative estimate of drug-likeness (QED) is 0.653. The highest BCUT2D eigenvalue weighted by Crippen LogP contribution is 2.22. The van der Waals surface area contributed by atoms with Gasteiger partial charge in [-0.15, -0.1) is 0 Å². The minimum absolute atomic E-state index is 0.0209. The van der Waals surface area contributed by atoms with E-state index in [0.717, 1.165) is 11.1 Å². The summed E-state index contributed by atoms with van der Waals surface area (Å²) in [5.41, 5.74) is 3.30. The van der Waals surface area contributed by atoms with Crippen LogP contribution in [-0.2, 0) is 21.5 Å². The van der Waals surface area contributed by atoms with Gasteiger partial charge in [0.25, 0.3) is 5.91 Å². The number of hydrogen-bond donors (Lipinski definition) is 3. The number of hydrogen-bond acceptors (Lipinski definition) is 3. The molecule has 2 aromatic rings. The maximum Gasteiger partial charge on any atom is 0.251 e. The summed E-state index contributed by atoms with van der Waals surface area (Å²) in [7, 11) is 0. The fraction of sp³-hybridized carbons (Fsp3) is 0.375. The van der Waals surface area contributed by atoms with E-state index in [1.54, 1.807) is 24.3 Å². The molecule has 0 aliphatic carbocycles. The molecule has 0 atom stereocenters. The Balaban J connectivity index is 1.78. The summed E-state index contributed by atoms with van der Waals surface area (Å²) in [6, 6.07) is 14.7. The number of rotatable bonds is 7. The molecule has 0 unspecified atom stereocenters. The highest BCUT2D eigenvalue weighted by molar-refractivity contribution is 5.96. The number of amides is 3. The Kier molecular flexibility index (Phi) is 7.75. The Morgan fingerprint density at radius 2 is 1.47 bits per heavy atom. The first-order valence-electron chi connectivity index (χ1n) is 10.1. The van der Waals surface area contributed by atoms with Gasteiger partial charge >= 0.3 is 0 Å². The third-order valence-electron chi connectivity index (χ3n) is 4.66. The number of anilines is 1. The Bertz CT molecular complexity index is 879. The fourth-order valence-electron chi connectivity index (χ4n) is 2.64. The predicted octanol–water partition coefficient (Wildman–Crippen LogP) is 3.62. The second-order valence-corrected chi connectivity index (χ2v) is 8.63. The lowest BCUT2D eigenvalue weighted by Gasteiger charge is -2.19. The monoisotopic (exact) mass is 409 g/mol. The van der Waals surface area contributed by atoms with Crippen LogP contribution in [0.1, 0.15) is 56.1 Å². The molecule has 0 fully saturated rings. The SMILES string of the molecule is CC(C)C(=O)Nc1ccc(CNC(=O)CNC(=O)c2ccc(C(C)(C)C)cc2)cc1. The van der Waals surface area contributed by atoms with Crippen molar-refractivity contribution >= 4 is 23.4 Å². The van der Waals surface area contributed by atoms with Crippen molar-refractivity contribution in [3.63, 3.8) is 0 Å². The Labute approximate surface area is 178 Å². The van der Waals surface area contributed by atoms with Crippen LogP contribution in [0.15, 0.2) is 48.5 Å². The Morgan fingerprint density at radius 1 is 0.867 bits per heavy atom. The second-order valence-electron chi connectivity index (χ2n) is 8.63. The predicted molar refractivity (Wildman–Crippen MR) is 119 cm³/mol. The van der Waals surface area contributed by atoms with E-state index < -0.39 is 0 Å². The largest absolute Gasteiger partial charge is 0.350 e. The molecule has 3 N–H and O–H groups in total. The van der Waals surface area contributed by atoms with Crippen LogP contribution in [0, 0.1) is 5.92 Å². The van der Waals surface area contributed by atoms with Gasteiger partial charge in [0.15, 0.2) is 0 Å². The van der Waals surface area contributed by atoms with Gasteiger partial charge in [-0.1, -0.05) is 58.9 Å². The number of carbonyl (C=O) groups is 3. The van der Waals surface area contributed by atoms with Crippen molar-refractivity contribution in [2.24, 2.45) is 5.92 Å². The molecular formula is C24H31N3O3. The van der Waals surface area contributed by atoms with Crippen molar-refractivity contribution in [2.45, 2.75) is 46.6 Å². The van der Waals surface area contributed by atoms with Crippen LogP contribution in [0.3, 0.4) is 0 Å². The first-order chi connectivity index (χ1) is 14.1.